The van der Waals surface area contributed by atoms with Gasteiger partial charge in [0, 0.05) is 0 Å². The molecule has 0 radical (unpaired) electrons. The number of nitrogens with one attached hydrogen (secondary N) is 2. The highest BCUT2D eigenvalue weighted by atomic mass is 16.5. The van der Waals surface area contributed by atoms with Crippen molar-refractivity contribution in [2.45, 2.75) is 0 Å². The molecule has 5 heteroatoms. The Morgan fingerprint density at radius 3 is 2.29 bits per heavy atom. The van der Waals surface area contributed by atoms with Crippen LogP contribution in [0.1, 0.15) is 0 Å². The molecule has 0 aromatic heterocycles. The molecule has 1 unspecified atom stereocenters. The average Bonchev–Trinajstić information content (AvgIpc) is 1.65. The first-order valence-corrected chi connectivity index (χ1v) is 1.75. The number of nitrogens with two attached hydrogens (primary N) is 2. The molecule has 1 atom stereocenters. The summed E-state index contributed by atoms with van der Waals surface area (Å²) in [6, 6.07) is 0. The van der Waals surface area contributed by atoms with E-state index in [9.17, 15) is 5.21 Å². The number of quaternary nitrogens is 1. The van der Waals surface area contributed by atoms with E-state index in [1.165, 1.54) is 0 Å². The van der Waals surface area contributed by atoms with Crippen LogP contribution in [0.5, 0.6) is 0 Å². The summed E-state index contributed by atoms with van der Waals surface area (Å²) < 4.78 is 0. The topological polar surface area (TPSA) is 103 Å². The normalized spacial score (nSPS) is 13.6. The third-order valence-electron chi connectivity index (χ3n) is 0.502. The van der Waals surface area contributed by atoms with Crippen LogP contribution >= 0.6 is 0 Å². The van der Waals surface area contributed by atoms with Gasteiger partial charge in [0.05, 0.1) is 6.54 Å². The molecule has 0 aromatic carbocycles. The summed E-state index contributed by atoms with van der Waals surface area (Å²) in [7, 11) is 0. The Bertz CT molecular complexity index is 70.1. The lowest BCUT2D eigenvalue weighted by molar-refractivity contribution is -0.763. The van der Waals surface area contributed by atoms with Gasteiger partial charge in [-0.25, -0.2) is 0 Å². The minimum Gasteiger partial charge on any atom is -0.607 e. The lowest BCUT2D eigenvalue weighted by atomic mass is 10.6. The number of rotatable bonds is 1. The van der Waals surface area contributed by atoms with Crippen LogP contribution in [0.2, 0.25) is 0 Å². The first-order valence-electron chi connectivity index (χ1n) is 1.75. The van der Waals surface area contributed by atoms with E-state index in [0.717, 1.165) is 0 Å². The molecular weight excluding hydrogens is 96.0 g/mol. The van der Waals surface area contributed by atoms with Gasteiger partial charge in [-0.05, 0) is 0 Å². The van der Waals surface area contributed by atoms with Crippen LogP contribution in [0.3, 0.4) is 0 Å². The minimum atomic E-state index is -0.748. The van der Waals surface area contributed by atoms with E-state index >= 15 is 0 Å². The fraction of sp³-hybridized carbons (Fsp3) is 0.500. The smallest absolute Gasteiger partial charge is 0.227 e. The predicted octanol–water partition coefficient (Wildman–Crippen LogP) is -2.82. The van der Waals surface area contributed by atoms with Crippen LogP contribution in [0.4, 0.5) is 0 Å². The van der Waals surface area contributed by atoms with E-state index in [2.05, 4.69) is 5.84 Å². The van der Waals surface area contributed by atoms with E-state index in [4.69, 9.17) is 11.1 Å². The van der Waals surface area contributed by atoms with Crippen molar-refractivity contribution in [3.05, 3.63) is 5.21 Å². The van der Waals surface area contributed by atoms with Crippen molar-refractivity contribution in [2.75, 3.05) is 6.54 Å². The zero-order valence-corrected chi connectivity index (χ0v) is 3.77. The van der Waals surface area contributed by atoms with Gasteiger partial charge in [0.2, 0.25) is 5.84 Å². The molecule has 6 N–H and O–H groups in total. The Morgan fingerprint density at radius 2 is 2.29 bits per heavy atom. The third-order valence-corrected chi connectivity index (χ3v) is 0.502. The van der Waals surface area contributed by atoms with Gasteiger partial charge in [-0.2, -0.15) is 5.84 Å². The zero-order valence-electron chi connectivity index (χ0n) is 3.77. The second-order valence-electron chi connectivity index (χ2n) is 1.05. The monoisotopic (exact) mass is 104 g/mol. The molecule has 0 aliphatic carbocycles. The van der Waals surface area contributed by atoms with Crippen molar-refractivity contribution in [3.63, 3.8) is 0 Å². The van der Waals surface area contributed by atoms with Crippen LogP contribution in [0.15, 0.2) is 0 Å². The summed E-state index contributed by atoms with van der Waals surface area (Å²) in [5.41, 5.74) is 4.85. The highest BCUT2D eigenvalue weighted by Gasteiger charge is 1.93. The van der Waals surface area contributed by atoms with Crippen molar-refractivity contribution in [1.29, 1.82) is 5.41 Å². The third kappa shape index (κ3) is 2.24. The maximum atomic E-state index is 9.85. The fourth-order valence-corrected chi connectivity index (χ4v) is 0.101. The van der Waals surface area contributed by atoms with E-state index in [1.807, 2.05) is 0 Å². The van der Waals surface area contributed by atoms with E-state index in [0.29, 0.717) is 0 Å². The van der Waals surface area contributed by atoms with Crippen LogP contribution in [-0.4, -0.2) is 12.4 Å². The van der Waals surface area contributed by atoms with Crippen LogP contribution < -0.4 is 16.7 Å². The molecule has 0 heterocycles. The van der Waals surface area contributed by atoms with Gasteiger partial charge >= 0.3 is 0 Å². The molecule has 0 saturated heterocycles. The molecule has 7 heavy (non-hydrogen) atoms. The van der Waals surface area contributed by atoms with Crippen molar-refractivity contribution in [1.82, 2.24) is 0 Å². The number of hydrogen-bond donors (Lipinski definition) is 4. The summed E-state index contributed by atoms with van der Waals surface area (Å²) in [5, 5.41) is 15.7. The molecule has 0 aliphatic rings. The van der Waals surface area contributed by atoms with E-state index in [-0.39, 0.29) is 12.4 Å². The highest BCUT2D eigenvalue weighted by molar-refractivity contribution is 5.71. The number of hydroxylamine groups is 1. The average molecular weight is 104 g/mol. The zero-order chi connectivity index (χ0) is 5.86. The molecule has 0 amide bonds. The molecule has 0 aliphatic heterocycles. The van der Waals surface area contributed by atoms with Gasteiger partial charge in [-0.3, -0.25) is 10.6 Å². The van der Waals surface area contributed by atoms with Gasteiger partial charge < -0.3 is 10.9 Å². The summed E-state index contributed by atoms with van der Waals surface area (Å²) in [4.78, 5) is 0. The summed E-state index contributed by atoms with van der Waals surface area (Å²) >= 11 is 0. The van der Waals surface area contributed by atoms with Gasteiger partial charge in [-0.1, -0.05) is 0 Å². The Kier molecular flexibility index (Phi) is 2.46. The van der Waals surface area contributed by atoms with E-state index in [1.54, 1.807) is 0 Å². The van der Waals surface area contributed by atoms with Gasteiger partial charge in [0.15, 0.2) is 0 Å². The lowest BCUT2D eigenvalue weighted by Gasteiger charge is -2.11. The van der Waals surface area contributed by atoms with Crippen molar-refractivity contribution in [2.24, 2.45) is 11.6 Å². The van der Waals surface area contributed by atoms with Gasteiger partial charge in [0.1, 0.15) is 0 Å². The minimum absolute atomic E-state index is 0.0741. The number of hydrogen-bond acceptors (Lipinski definition) is 4. The standard InChI is InChI=1S/C2H8N4O/c3-1-2(4)6(5)7/h4,6H,1,3,5H2. The van der Waals surface area contributed by atoms with Crippen molar-refractivity contribution >= 4 is 5.84 Å². The molecule has 0 saturated carbocycles. The van der Waals surface area contributed by atoms with Crippen LogP contribution in [0.25, 0.3) is 0 Å². The molecule has 0 rings (SSSR count). The summed E-state index contributed by atoms with van der Waals surface area (Å²) in [6.45, 7) is -0.0741. The molecule has 0 fully saturated rings. The maximum absolute atomic E-state index is 9.85. The van der Waals surface area contributed by atoms with Crippen molar-refractivity contribution in [3.8, 4) is 0 Å². The summed E-state index contributed by atoms with van der Waals surface area (Å²) in [6.07, 6.45) is 0. The Hall–Kier alpha value is -0.490. The number of amidine groups is 1. The Labute approximate surface area is 40.9 Å². The molecule has 5 nitrogen and oxygen atoms in total. The predicted molar refractivity (Wildman–Crippen MR) is 25.3 cm³/mol. The lowest BCUT2D eigenvalue weighted by Crippen LogP contribution is -3.16. The fourth-order valence-electron chi connectivity index (χ4n) is 0.101. The molecule has 0 spiro atoms. The summed E-state index contributed by atoms with van der Waals surface area (Å²) in [5.74, 6) is 4.37. The molecule has 0 aromatic rings. The molecular formula is C2H8N4O. The second kappa shape index (κ2) is 2.64. The first-order chi connectivity index (χ1) is 3.18. The Balaban J connectivity index is 3.35. The van der Waals surface area contributed by atoms with Crippen molar-refractivity contribution < 1.29 is 5.17 Å². The SMILES string of the molecule is N=C(CN)[NH+](N)[O-]. The first kappa shape index (κ1) is 6.51. The maximum Gasteiger partial charge on any atom is 0.227 e. The molecule has 42 valence electrons. The Morgan fingerprint density at radius 1 is 1.86 bits per heavy atom. The highest BCUT2D eigenvalue weighted by Crippen LogP contribution is 1.40. The van der Waals surface area contributed by atoms with Gasteiger partial charge in [-0.15, -0.1) is 0 Å². The second-order valence-corrected chi connectivity index (χ2v) is 1.05. The molecule has 0 bridgehead atoms. The van der Waals surface area contributed by atoms with E-state index < -0.39 is 5.17 Å². The quantitative estimate of drug-likeness (QED) is 0.125. The van der Waals surface area contributed by atoms with Gasteiger partial charge in [0.25, 0.3) is 0 Å². The van der Waals surface area contributed by atoms with Crippen LogP contribution in [-0.2, 0) is 0 Å². The van der Waals surface area contributed by atoms with Crippen LogP contribution in [0, 0.1) is 10.6 Å². The largest absolute Gasteiger partial charge is 0.607 e.